The molecule has 1 aliphatic heterocycles. The van der Waals surface area contributed by atoms with Gasteiger partial charge in [0.25, 0.3) is 0 Å². The van der Waals surface area contributed by atoms with Crippen LogP contribution in [0.25, 0.3) is 0 Å². The molecule has 6 heteroatoms. The average molecular weight is 552 g/mol. The number of carbonyl (C=O) groups excluding carboxylic acids is 2. The highest BCUT2D eigenvalue weighted by Crippen LogP contribution is 2.25. The number of aliphatic carboxylic acids is 1. The molecular formula is C33H61NO5. The van der Waals surface area contributed by atoms with Crippen LogP contribution in [0.15, 0.2) is 0 Å². The maximum atomic E-state index is 12.9. The van der Waals surface area contributed by atoms with E-state index in [1.54, 1.807) is 6.92 Å². The van der Waals surface area contributed by atoms with Crippen molar-refractivity contribution in [2.45, 2.75) is 162 Å². The van der Waals surface area contributed by atoms with Crippen molar-refractivity contribution < 1.29 is 24.2 Å². The summed E-state index contributed by atoms with van der Waals surface area (Å²) in [6.07, 6.45) is 22.4. The second-order valence-corrected chi connectivity index (χ2v) is 12.2. The molecule has 1 aliphatic rings. The first-order valence-electron chi connectivity index (χ1n) is 16.5. The molecule has 0 aromatic heterocycles. The third-order valence-corrected chi connectivity index (χ3v) is 8.72. The van der Waals surface area contributed by atoms with Gasteiger partial charge in [-0.2, -0.15) is 0 Å². The lowest BCUT2D eigenvalue weighted by atomic mass is 9.88. The van der Waals surface area contributed by atoms with Crippen LogP contribution in [0.4, 0.5) is 0 Å². The van der Waals surface area contributed by atoms with Crippen LogP contribution in [-0.4, -0.2) is 47.0 Å². The zero-order chi connectivity index (χ0) is 28.9. The number of carbonyl (C=O) groups is 3. The quantitative estimate of drug-likeness (QED) is 0.0907. The van der Waals surface area contributed by atoms with Gasteiger partial charge in [-0.05, 0) is 44.9 Å². The second-order valence-electron chi connectivity index (χ2n) is 12.2. The Morgan fingerprint density at radius 2 is 1.31 bits per heavy atom. The standard InChI is InChI=1S/C33H61NO5/c1-5-7-9-11-13-14-16-18-21-29(20-17-15-12-10-8-6-2)26-39-33(38)28(4)30(32(36)37)24-23-27(3)34-25-19-22-31(34)35/h27-30H,5-26H2,1-4H3,(H,36,37). The molecule has 6 nitrogen and oxygen atoms in total. The van der Waals surface area contributed by atoms with Crippen LogP contribution in [0.2, 0.25) is 0 Å². The van der Waals surface area contributed by atoms with Gasteiger partial charge in [0.1, 0.15) is 0 Å². The van der Waals surface area contributed by atoms with E-state index in [-0.39, 0.29) is 11.9 Å². The van der Waals surface area contributed by atoms with Gasteiger partial charge in [0, 0.05) is 19.0 Å². The number of carboxylic acid groups (broad SMARTS) is 1. The van der Waals surface area contributed by atoms with Crippen LogP contribution in [-0.2, 0) is 19.1 Å². The summed E-state index contributed by atoms with van der Waals surface area (Å²) in [6.45, 7) is 9.29. The molecule has 1 amide bonds. The lowest BCUT2D eigenvalue weighted by molar-refractivity contribution is -0.158. The molecule has 39 heavy (non-hydrogen) atoms. The predicted octanol–water partition coefficient (Wildman–Crippen LogP) is 8.56. The van der Waals surface area contributed by atoms with Gasteiger partial charge < -0.3 is 14.7 Å². The third kappa shape index (κ3) is 15.7. The summed E-state index contributed by atoms with van der Waals surface area (Å²) in [5.41, 5.74) is 0. The van der Waals surface area contributed by atoms with E-state index < -0.39 is 23.8 Å². The van der Waals surface area contributed by atoms with E-state index in [0.717, 1.165) is 25.8 Å². The fraction of sp³-hybridized carbons (Fsp3) is 0.909. The molecule has 1 rings (SSSR count). The second kappa shape index (κ2) is 22.1. The number of hydrogen-bond donors (Lipinski definition) is 1. The maximum absolute atomic E-state index is 12.9. The topological polar surface area (TPSA) is 83.9 Å². The van der Waals surface area contributed by atoms with Gasteiger partial charge in [0.05, 0.1) is 18.4 Å². The minimum atomic E-state index is -0.957. The molecule has 0 aliphatic carbocycles. The number of rotatable bonds is 25. The van der Waals surface area contributed by atoms with E-state index in [9.17, 15) is 19.5 Å². The fourth-order valence-corrected chi connectivity index (χ4v) is 5.89. The molecule has 1 fully saturated rings. The van der Waals surface area contributed by atoms with Gasteiger partial charge in [-0.15, -0.1) is 0 Å². The molecule has 4 atom stereocenters. The van der Waals surface area contributed by atoms with Crippen molar-refractivity contribution in [1.29, 1.82) is 0 Å². The zero-order valence-electron chi connectivity index (χ0n) is 25.9. The van der Waals surface area contributed by atoms with E-state index in [4.69, 9.17) is 4.74 Å². The highest BCUT2D eigenvalue weighted by Gasteiger charge is 2.33. The SMILES string of the molecule is CCCCCCCCCCC(CCCCCCCC)COC(=O)C(C)C(CCC(C)N1CCCC1=O)C(=O)O. The van der Waals surface area contributed by atoms with Crippen molar-refractivity contribution in [2.24, 2.45) is 17.8 Å². The van der Waals surface area contributed by atoms with Crippen molar-refractivity contribution in [3.8, 4) is 0 Å². The molecule has 0 bridgehead atoms. The van der Waals surface area contributed by atoms with E-state index in [1.165, 1.54) is 89.9 Å². The third-order valence-electron chi connectivity index (χ3n) is 8.72. The van der Waals surface area contributed by atoms with Crippen molar-refractivity contribution in [2.75, 3.05) is 13.2 Å². The van der Waals surface area contributed by atoms with E-state index >= 15 is 0 Å². The summed E-state index contributed by atoms with van der Waals surface area (Å²) in [5, 5.41) is 9.85. The normalized spacial score (nSPS) is 16.7. The number of ether oxygens (including phenoxy) is 1. The summed E-state index contributed by atoms with van der Waals surface area (Å²) in [5.74, 6) is -2.33. The predicted molar refractivity (Wildman–Crippen MR) is 160 cm³/mol. The van der Waals surface area contributed by atoms with Gasteiger partial charge in [0.15, 0.2) is 0 Å². The Bertz CT molecular complexity index is 666. The summed E-state index contributed by atoms with van der Waals surface area (Å²) in [7, 11) is 0. The van der Waals surface area contributed by atoms with Crippen LogP contribution in [0, 0.1) is 17.8 Å². The number of unbranched alkanes of at least 4 members (excludes halogenated alkanes) is 12. The van der Waals surface area contributed by atoms with E-state index in [2.05, 4.69) is 13.8 Å². The first-order chi connectivity index (χ1) is 18.8. The Hall–Kier alpha value is -1.59. The highest BCUT2D eigenvalue weighted by molar-refractivity contribution is 5.81. The number of nitrogens with zero attached hydrogens (tertiary/aromatic N) is 1. The summed E-state index contributed by atoms with van der Waals surface area (Å²) >= 11 is 0. The van der Waals surface area contributed by atoms with E-state index in [0.29, 0.717) is 31.8 Å². The van der Waals surface area contributed by atoms with Crippen molar-refractivity contribution in [1.82, 2.24) is 4.90 Å². The molecule has 4 unspecified atom stereocenters. The van der Waals surface area contributed by atoms with Crippen LogP contribution in [0.5, 0.6) is 0 Å². The molecule has 0 radical (unpaired) electrons. The van der Waals surface area contributed by atoms with Crippen LogP contribution < -0.4 is 0 Å². The molecule has 1 heterocycles. The van der Waals surface area contributed by atoms with Gasteiger partial charge >= 0.3 is 11.9 Å². The summed E-state index contributed by atoms with van der Waals surface area (Å²) in [4.78, 5) is 38.8. The van der Waals surface area contributed by atoms with Gasteiger partial charge in [0.2, 0.25) is 5.91 Å². The Morgan fingerprint density at radius 1 is 0.795 bits per heavy atom. The van der Waals surface area contributed by atoms with E-state index in [1.807, 2.05) is 11.8 Å². The number of hydrogen-bond acceptors (Lipinski definition) is 4. The van der Waals surface area contributed by atoms with Crippen molar-refractivity contribution >= 4 is 17.8 Å². The Labute approximate surface area is 240 Å². The molecule has 0 spiro atoms. The van der Waals surface area contributed by atoms with Gasteiger partial charge in [-0.25, -0.2) is 0 Å². The molecule has 228 valence electrons. The average Bonchev–Trinajstić information content (AvgIpc) is 3.35. The number of esters is 1. The minimum absolute atomic E-state index is 0.00146. The van der Waals surface area contributed by atoms with Gasteiger partial charge in [-0.1, -0.05) is 111 Å². The van der Waals surface area contributed by atoms with Crippen LogP contribution in [0.1, 0.15) is 156 Å². The van der Waals surface area contributed by atoms with Crippen LogP contribution >= 0.6 is 0 Å². The summed E-state index contributed by atoms with van der Waals surface area (Å²) < 4.78 is 5.77. The lowest BCUT2D eigenvalue weighted by Crippen LogP contribution is -2.36. The van der Waals surface area contributed by atoms with Crippen molar-refractivity contribution in [3.63, 3.8) is 0 Å². The first kappa shape index (κ1) is 35.4. The minimum Gasteiger partial charge on any atom is -0.481 e. The Kier molecular flexibility index (Phi) is 20.1. The molecule has 1 saturated heterocycles. The largest absolute Gasteiger partial charge is 0.481 e. The van der Waals surface area contributed by atoms with Gasteiger partial charge in [-0.3, -0.25) is 14.4 Å². The zero-order valence-corrected chi connectivity index (χ0v) is 25.9. The highest BCUT2D eigenvalue weighted by atomic mass is 16.5. The monoisotopic (exact) mass is 551 g/mol. The Morgan fingerprint density at radius 3 is 1.77 bits per heavy atom. The first-order valence-corrected chi connectivity index (χ1v) is 16.5. The molecule has 0 aromatic rings. The van der Waals surface area contributed by atoms with Crippen LogP contribution in [0.3, 0.4) is 0 Å². The number of amides is 1. The maximum Gasteiger partial charge on any atom is 0.309 e. The number of likely N-dealkylation sites (tertiary alicyclic amines) is 1. The fourth-order valence-electron chi connectivity index (χ4n) is 5.89. The lowest BCUT2D eigenvalue weighted by Gasteiger charge is -2.27. The molecule has 1 N–H and O–H groups in total. The summed E-state index contributed by atoms with van der Waals surface area (Å²) in [6, 6.07) is -0.00146. The molecular weight excluding hydrogens is 490 g/mol. The van der Waals surface area contributed by atoms with Crippen molar-refractivity contribution in [3.05, 3.63) is 0 Å². The molecule has 0 saturated carbocycles. The Balaban J connectivity index is 2.51. The molecule has 0 aromatic carbocycles. The number of carboxylic acids is 1. The smallest absolute Gasteiger partial charge is 0.309 e.